The monoisotopic (exact) mass is 304 g/mol. The van der Waals surface area contributed by atoms with Crippen LogP contribution < -0.4 is 5.32 Å². The van der Waals surface area contributed by atoms with Crippen molar-refractivity contribution in [2.24, 2.45) is 0 Å². The second kappa shape index (κ2) is 5.24. The fraction of sp³-hybridized carbons (Fsp3) is 0.533. The lowest BCUT2D eigenvalue weighted by Crippen LogP contribution is -2.27. The van der Waals surface area contributed by atoms with Gasteiger partial charge in [0.25, 0.3) is 0 Å². The van der Waals surface area contributed by atoms with Gasteiger partial charge in [0, 0.05) is 12.1 Å². The number of carbonyl (C=O) groups excluding carboxylic acids is 1. The van der Waals surface area contributed by atoms with E-state index < -0.39 is 11.7 Å². The molecule has 0 atom stereocenters. The second-order valence-corrected chi connectivity index (χ2v) is 6.56. The molecule has 1 saturated carbocycles. The zero-order valence-electron chi connectivity index (χ0n) is 13.0. The summed E-state index contributed by atoms with van der Waals surface area (Å²) in [5.74, 6) is 1.19. The molecule has 0 aliphatic heterocycles. The van der Waals surface area contributed by atoms with Crippen molar-refractivity contribution in [3.05, 3.63) is 23.7 Å². The molecule has 2 aromatic rings. The third-order valence-electron chi connectivity index (χ3n) is 3.27. The molecule has 2 aromatic heterocycles. The molecule has 2 heterocycles. The van der Waals surface area contributed by atoms with Gasteiger partial charge < -0.3 is 9.84 Å². The number of nitrogens with zero attached hydrogens (tertiary/aromatic N) is 3. The number of carbonyl (C=O) groups is 1. The van der Waals surface area contributed by atoms with Gasteiger partial charge in [-0.2, -0.15) is 5.10 Å². The van der Waals surface area contributed by atoms with E-state index in [2.05, 4.69) is 15.4 Å². The maximum Gasteiger partial charge on any atom is 0.412 e. The van der Waals surface area contributed by atoms with Crippen LogP contribution in [0.3, 0.4) is 0 Å². The maximum atomic E-state index is 12.0. The third-order valence-corrected chi connectivity index (χ3v) is 3.27. The third kappa shape index (κ3) is 3.19. The Morgan fingerprint density at radius 1 is 1.50 bits per heavy atom. The highest BCUT2D eigenvalue weighted by molar-refractivity contribution is 5.89. The number of aromatic nitrogens is 3. The van der Waals surface area contributed by atoms with E-state index in [0.29, 0.717) is 22.8 Å². The van der Waals surface area contributed by atoms with Gasteiger partial charge in [0.2, 0.25) is 0 Å². The summed E-state index contributed by atoms with van der Waals surface area (Å²) in [6.07, 6.45) is 3.35. The predicted octanol–water partition coefficient (Wildman–Crippen LogP) is 2.45. The van der Waals surface area contributed by atoms with E-state index in [0.717, 1.165) is 18.7 Å². The van der Waals surface area contributed by atoms with Crippen molar-refractivity contribution in [1.29, 1.82) is 0 Å². The Bertz CT molecular complexity index is 713. The highest BCUT2D eigenvalue weighted by Gasteiger charge is 2.28. The van der Waals surface area contributed by atoms with Crippen LogP contribution in [0.25, 0.3) is 5.65 Å². The Kier molecular flexibility index (Phi) is 3.52. The molecule has 7 heteroatoms. The summed E-state index contributed by atoms with van der Waals surface area (Å²) in [7, 11) is 0. The van der Waals surface area contributed by atoms with Crippen LogP contribution in [0.2, 0.25) is 0 Å². The largest absolute Gasteiger partial charge is 0.444 e. The Hall–Kier alpha value is -2.15. The Balaban J connectivity index is 1.94. The molecular weight excluding hydrogens is 284 g/mol. The second-order valence-electron chi connectivity index (χ2n) is 6.56. The van der Waals surface area contributed by atoms with Crippen LogP contribution in [0.4, 0.5) is 10.5 Å². The topological polar surface area (TPSA) is 88.8 Å². The predicted molar refractivity (Wildman–Crippen MR) is 80.7 cm³/mol. The molecule has 0 spiro atoms. The van der Waals surface area contributed by atoms with Gasteiger partial charge in [-0.05, 0) is 45.2 Å². The standard InChI is InChI=1S/C15H20N4O3/c1-15(2,3)22-14(21)16-11-6-9(8-20)7-19-13(11)17-12(18-19)10-4-5-10/h6-7,10,20H,4-5,8H2,1-3H3,(H,16,21). The molecule has 1 aliphatic carbocycles. The summed E-state index contributed by atoms with van der Waals surface area (Å²) in [6, 6.07) is 1.69. The summed E-state index contributed by atoms with van der Waals surface area (Å²) >= 11 is 0. The molecule has 118 valence electrons. The summed E-state index contributed by atoms with van der Waals surface area (Å²) in [6.45, 7) is 5.26. The van der Waals surface area contributed by atoms with Crippen molar-refractivity contribution in [2.75, 3.05) is 5.32 Å². The van der Waals surface area contributed by atoms with Crippen molar-refractivity contribution in [1.82, 2.24) is 14.6 Å². The molecule has 3 rings (SSSR count). The van der Waals surface area contributed by atoms with Crippen molar-refractivity contribution < 1.29 is 14.6 Å². The molecule has 0 radical (unpaired) electrons. The molecule has 7 nitrogen and oxygen atoms in total. The zero-order chi connectivity index (χ0) is 15.9. The van der Waals surface area contributed by atoms with Crippen LogP contribution in [-0.2, 0) is 11.3 Å². The van der Waals surface area contributed by atoms with Gasteiger partial charge in [0.1, 0.15) is 5.60 Å². The number of rotatable bonds is 3. The van der Waals surface area contributed by atoms with Crippen LogP contribution >= 0.6 is 0 Å². The van der Waals surface area contributed by atoms with E-state index in [1.54, 1.807) is 37.5 Å². The first-order valence-electron chi connectivity index (χ1n) is 7.36. The van der Waals surface area contributed by atoms with Crippen LogP contribution in [0.1, 0.15) is 50.9 Å². The average Bonchev–Trinajstić information content (AvgIpc) is 3.16. The fourth-order valence-electron chi connectivity index (χ4n) is 2.16. The fourth-order valence-corrected chi connectivity index (χ4v) is 2.16. The number of hydrogen-bond acceptors (Lipinski definition) is 5. The number of aliphatic hydroxyl groups is 1. The first-order valence-corrected chi connectivity index (χ1v) is 7.36. The van der Waals surface area contributed by atoms with E-state index in [1.165, 1.54) is 0 Å². The maximum absolute atomic E-state index is 12.0. The minimum Gasteiger partial charge on any atom is -0.444 e. The molecule has 0 unspecified atom stereocenters. The van der Waals surface area contributed by atoms with Crippen molar-refractivity contribution >= 4 is 17.4 Å². The Morgan fingerprint density at radius 2 is 2.23 bits per heavy atom. The minimum atomic E-state index is -0.582. The number of aliphatic hydroxyl groups excluding tert-OH is 1. The van der Waals surface area contributed by atoms with Crippen molar-refractivity contribution in [3.8, 4) is 0 Å². The van der Waals surface area contributed by atoms with Crippen LogP contribution in [0, 0.1) is 0 Å². The van der Waals surface area contributed by atoms with Gasteiger partial charge in [0.05, 0.1) is 12.3 Å². The summed E-state index contributed by atoms with van der Waals surface area (Å²) in [4.78, 5) is 16.5. The molecule has 0 saturated heterocycles. The molecule has 0 aromatic carbocycles. The SMILES string of the molecule is CC(C)(C)OC(=O)Nc1cc(CO)cn2nc(C3CC3)nc12. The lowest BCUT2D eigenvalue weighted by Gasteiger charge is -2.19. The molecular formula is C15H20N4O3. The first-order chi connectivity index (χ1) is 10.4. The molecule has 1 aliphatic rings. The molecule has 1 amide bonds. The number of ether oxygens (including phenoxy) is 1. The average molecular weight is 304 g/mol. The lowest BCUT2D eigenvalue weighted by molar-refractivity contribution is 0.0636. The summed E-state index contributed by atoms with van der Waals surface area (Å²) < 4.78 is 6.86. The molecule has 2 N–H and O–H groups in total. The van der Waals surface area contributed by atoms with Gasteiger partial charge in [-0.15, -0.1) is 0 Å². The Labute approximate surface area is 128 Å². The molecule has 1 fully saturated rings. The van der Waals surface area contributed by atoms with E-state index in [1.807, 2.05) is 0 Å². The van der Waals surface area contributed by atoms with Gasteiger partial charge in [0.15, 0.2) is 11.5 Å². The normalized spacial score (nSPS) is 15.1. The molecule has 0 bridgehead atoms. The lowest BCUT2D eigenvalue weighted by atomic mass is 10.2. The smallest absolute Gasteiger partial charge is 0.412 e. The van der Waals surface area contributed by atoms with Crippen molar-refractivity contribution in [3.63, 3.8) is 0 Å². The number of anilines is 1. The number of nitrogens with one attached hydrogen (secondary N) is 1. The van der Waals surface area contributed by atoms with Crippen LogP contribution in [0.15, 0.2) is 12.3 Å². The van der Waals surface area contributed by atoms with Crippen LogP contribution in [0.5, 0.6) is 0 Å². The number of fused-ring (bicyclic) bond motifs is 1. The summed E-state index contributed by atoms with van der Waals surface area (Å²) in [5.41, 5.74) is 1.11. The minimum absolute atomic E-state index is 0.141. The summed E-state index contributed by atoms with van der Waals surface area (Å²) in [5, 5.41) is 16.5. The quantitative estimate of drug-likeness (QED) is 0.909. The highest BCUT2D eigenvalue weighted by atomic mass is 16.6. The first kappa shape index (κ1) is 14.8. The highest BCUT2D eigenvalue weighted by Crippen LogP contribution is 2.38. The van der Waals surface area contributed by atoms with E-state index >= 15 is 0 Å². The van der Waals surface area contributed by atoms with Crippen LogP contribution in [-0.4, -0.2) is 31.4 Å². The number of hydrogen-bond donors (Lipinski definition) is 2. The van der Waals surface area contributed by atoms with Gasteiger partial charge in [-0.3, -0.25) is 5.32 Å². The number of amides is 1. The van der Waals surface area contributed by atoms with E-state index in [-0.39, 0.29) is 6.61 Å². The van der Waals surface area contributed by atoms with Gasteiger partial charge in [-0.25, -0.2) is 14.3 Å². The molecule has 22 heavy (non-hydrogen) atoms. The van der Waals surface area contributed by atoms with E-state index in [9.17, 15) is 9.90 Å². The van der Waals surface area contributed by atoms with Gasteiger partial charge >= 0.3 is 6.09 Å². The van der Waals surface area contributed by atoms with E-state index in [4.69, 9.17) is 4.74 Å². The Morgan fingerprint density at radius 3 is 2.82 bits per heavy atom. The number of pyridine rings is 1. The van der Waals surface area contributed by atoms with Gasteiger partial charge in [-0.1, -0.05) is 0 Å². The zero-order valence-corrected chi connectivity index (χ0v) is 13.0. The van der Waals surface area contributed by atoms with Crippen molar-refractivity contribution in [2.45, 2.75) is 51.7 Å².